The summed E-state index contributed by atoms with van der Waals surface area (Å²) in [6.45, 7) is 10.9. The van der Waals surface area contributed by atoms with Crippen molar-refractivity contribution in [2.75, 3.05) is 94.1 Å². The van der Waals surface area contributed by atoms with Crippen LogP contribution in [0.25, 0.3) is 11.0 Å². The summed E-state index contributed by atoms with van der Waals surface area (Å²) >= 11 is 0. The second kappa shape index (κ2) is 20.1. The highest BCUT2D eigenvalue weighted by Gasteiger charge is 2.51. The predicted octanol–water partition coefficient (Wildman–Crippen LogP) is 7.47. The minimum Gasteiger partial charge on any atom is -0.489 e. The van der Waals surface area contributed by atoms with Gasteiger partial charge in [-0.2, -0.15) is 4.98 Å². The van der Waals surface area contributed by atoms with Gasteiger partial charge in [-0.25, -0.2) is 13.1 Å². The molecule has 8 aliphatic rings. The van der Waals surface area contributed by atoms with Crippen molar-refractivity contribution in [3.63, 3.8) is 0 Å². The quantitative estimate of drug-likeness (QED) is 0.0916. The highest BCUT2D eigenvalue weighted by molar-refractivity contribution is 7.90. The fraction of sp³-hybridized carbons (Fsp3) is 0.536. The van der Waals surface area contributed by atoms with Gasteiger partial charge < -0.3 is 43.8 Å². The summed E-state index contributed by atoms with van der Waals surface area (Å²) in [6, 6.07) is 21.7. The van der Waals surface area contributed by atoms with E-state index < -0.39 is 37.5 Å². The molecule has 76 heavy (non-hydrogen) atoms. The molecule has 2 aromatic heterocycles. The lowest BCUT2D eigenvalue weighted by molar-refractivity contribution is -0.384. The number of nitrogens with one attached hydrogen (secondary N) is 3. The molecule has 6 fully saturated rings. The summed E-state index contributed by atoms with van der Waals surface area (Å²) in [6.07, 6.45) is 10.1. The molecule has 1 saturated carbocycles. The van der Waals surface area contributed by atoms with Crippen LogP contribution in [0, 0.1) is 28.4 Å². The van der Waals surface area contributed by atoms with Crippen molar-refractivity contribution >= 4 is 55.4 Å². The molecule has 0 radical (unpaired) electrons. The van der Waals surface area contributed by atoms with Crippen LogP contribution >= 0.6 is 0 Å². The van der Waals surface area contributed by atoms with Crippen molar-refractivity contribution in [1.29, 1.82) is 0 Å². The fourth-order valence-electron chi connectivity index (χ4n) is 13.9. The number of aromatic nitrogens is 2. The van der Waals surface area contributed by atoms with Crippen LogP contribution in [-0.4, -0.2) is 148 Å². The lowest BCUT2D eigenvalue weighted by atomic mass is 9.59. The first-order valence-corrected chi connectivity index (χ1v) is 28.9. The number of ether oxygens (including phenoxy) is 5. The van der Waals surface area contributed by atoms with Gasteiger partial charge in [-0.05, 0) is 118 Å². The maximum absolute atomic E-state index is 14.9. The standard InChI is InChI=1S/C56H67N9O10S/c1-35-4-2-3-5-42(35)49-32-62(38-11-23-72-24-12-38)19-20-63(49)40-30-56(31-40)14-17-61(18-15-56)39-6-7-43(46(27-39)64-45-13-25-73-34-51(45)75-55-48(64)26-37-8-16-57-53(37)59-55)54(66)60-76(69,70)41-28-47(65(67)68)52-50(29-41)74-33-44(58-52)36-9-21-71-22-10-36/h2-8,16,26-29,36,38,40,44-45,49,51,58H,9-15,17-25,30-34H2,1H3,(H,57,59)(H,60,66)/t44-,45-,49-,51-/m0/s1. The van der Waals surface area contributed by atoms with Gasteiger partial charge in [0.15, 0.2) is 11.4 Å². The molecule has 19 nitrogen and oxygen atoms in total. The van der Waals surface area contributed by atoms with Crippen LogP contribution in [0.1, 0.15) is 85.3 Å². The summed E-state index contributed by atoms with van der Waals surface area (Å²) < 4.78 is 60.9. The number of nitro groups is 1. The lowest BCUT2D eigenvalue weighted by Gasteiger charge is -2.59. The molecule has 1 aliphatic carbocycles. The Morgan fingerprint density at radius 2 is 1.63 bits per heavy atom. The number of piperidine rings is 1. The van der Waals surface area contributed by atoms with Crippen LogP contribution in [0.2, 0.25) is 0 Å². The van der Waals surface area contributed by atoms with E-state index in [4.69, 9.17) is 28.7 Å². The van der Waals surface area contributed by atoms with Crippen LogP contribution in [0.5, 0.6) is 11.6 Å². The number of hydrogen-bond donors (Lipinski definition) is 3. The Hall–Kier alpha value is -6.03. The second-order valence-electron chi connectivity index (χ2n) is 22.4. The van der Waals surface area contributed by atoms with Crippen molar-refractivity contribution in [2.45, 2.75) is 106 Å². The molecule has 402 valence electrons. The molecule has 1 amide bonds. The summed E-state index contributed by atoms with van der Waals surface area (Å²) in [5.41, 5.74) is 5.53. The molecule has 1 spiro atoms. The van der Waals surface area contributed by atoms with E-state index in [2.05, 4.69) is 65.8 Å². The molecular formula is C56H67N9O10S. The third kappa shape index (κ3) is 9.21. The minimum absolute atomic E-state index is 0.0329. The molecule has 13 rings (SSSR count). The molecule has 3 N–H and O–H groups in total. The number of sulfonamides is 1. The Morgan fingerprint density at radius 1 is 0.855 bits per heavy atom. The molecule has 4 atom stereocenters. The fourth-order valence-corrected chi connectivity index (χ4v) is 14.9. The van der Waals surface area contributed by atoms with E-state index in [1.54, 1.807) is 6.07 Å². The van der Waals surface area contributed by atoms with Gasteiger partial charge in [0.1, 0.15) is 24.0 Å². The van der Waals surface area contributed by atoms with Crippen molar-refractivity contribution in [3.8, 4) is 11.6 Å². The number of nitro benzene ring substituents is 1. The topological polar surface area (TPSA) is 206 Å². The monoisotopic (exact) mass is 1060 g/mol. The van der Waals surface area contributed by atoms with Crippen LogP contribution < -0.4 is 29.3 Å². The van der Waals surface area contributed by atoms with E-state index >= 15 is 0 Å². The second-order valence-corrected chi connectivity index (χ2v) is 24.1. The molecule has 3 aromatic carbocycles. The van der Waals surface area contributed by atoms with Crippen molar-refractivity contribution in [2.24, 2.45) is 11.3 Å². The van der Waals surface area contributed by atoms with Crippen LogP contribution in [0.3, 0.4) is 0 Å². The van der Waals surface area contributed by atoms with E-state index in [0.717, 1.165) is 102 Å². The van der Waals surface area contributed by atoms with E-state index in [0.29, 0.717) is 73.9 Å². The van der Waals surface area contributed by atoms with Crippen LogP contribution in [-0.2, 0) is 24.2 Å². The van der Waals surface area contributed by atoms with Gasteiger partial charge in [0.2, 0.25) is 5.88 Å². The zero-order valence-corrected chi connectivity index (χ0v) is 43.8. The highest BCUT2D eigenvalue weighted by atomic mass is 32.2. The van der Waals surface area contributed by atoms with Gasteiger partial charge in [-0.3, -0.25) is 24.7 Å². The number of aryl methyl sites for hydroxylation is 1. The molecule has 0 bridgehead atoms. The first kappa shape index (κ1) is 49.5. The van der Waals surface area contributed by atoms with E-state index in [1.807, 2.05) is 30.5 Å². The third-order valence-electron chi connectivity index (χ3n) is 18.2. The maximum atomic E-state index is 14.9. The molecule has 7 aliphatic heterocycles. The summed E-state index contributed by atoms with van der Waals surface area (Å²) in [5.74, 6) is -0.312. The number of aromatic amines is 1. The minimum atomic E-state index is -4.70. The summed E-state index contributed by atoms with van der Waals surface area (Å²) in [4.78, 5) is 44.5. The number of rotatable bonds is 10. The van der Waals surface area contributed by atoms with Crippen molar-refractivity contribution < 1.29 is 41.8 Å². The largest absolute Gasteiger partial charge is 0.489 e. The SMILES string of the molecule is Cc1ccccc1[C@@H]1CN(C2CCOCC2)CCN1C1CC2(CCN(c3ccc(C(=O)NS(=O)(=O)c4cc5c(c([N+](=O)[O-])c4)N[C@H](C4CCOCC4)CO5)c(N4c5cc6cc[nH]c6nc5O[C@H]5COCC[C@@H]54)c3)CC2)C1. The molecule has 9 heterocycles. The smallest absolute Gasteiger partial charge is 0.297 e. The number of carbonyl (C=O) groups is 1. The number of fused-ring (bicyclic) bond motifs is 4. The zero-order chi connectivity index (χ0) is 51.7. The number of nitrogens with zero attached hydrogens (tertiary/aromatic N) is 6. The molecule has 5 saturated heterocycles. The Balaban J connectivity index is 0.781. The Labute approximate surface area is 442 Å². The summed E-state index contributed by atoms with van der Waals surface area (Å²) in [5, 5.41) is 16.7. The number of piperazine rings is 1. The Bertz CT molecular complexity index is 3130. The van der Waals surface area contributed by atoms with Gasteiger partial charge in [0, 0.05) is 113 Å². The maximum Gasteiger partial charge on any atom is 0.297 e. The predicted molar refractivity (Wildman–Crippen MR) is 285 cm³/mol. The first-order valence-electron chi connectivity index (χ1n) is 27.4. The van der Waals surface area contributed by atoms with Gasteiger partial charge in [0.05, 0.1) is 39.8 Å². The van der Waals surface area contributed by atoms with Gasteiger partial charge >= 0.3 is 0 Å². The molecule has 5 aromatic rings. The lowest BCUT2D eigenvalue weighted by Crippen LogP contribution is -2.61. The average Bonchev–Trinajstić information content (AvgIpc) is 3.97. The number of pyridine rings is 1. The van der Waals surface area contributed by atoms with Gasteiger partial charge in [-0.1, -0.05) is 24.3 Å². The zero-order valence-electron chi connectivity index (χ0n) is 43.0. The normalized spacial score (nSPS) is 25.6. The van der Waals surface area contributed by atoms with Crippen molar-refractivity contribution in [1.82, 2.24) is 24.5 Å². The first-order chi connectivity index (χ1) is 37.0. The number of anilines is 4. The molecule has 20 heteroatoms. The van der Waals surface area contributed by atoms with Gasteiger partial charge in [-0.15, -0.1) is 0 Å². The molecule has 0 unspecified atom stereocenters. The Morgan fingerprint density at radius 3 is 2.42 bits per heavy atom. The third-order valence-corrected chi connectivity index (χ3v) is 19.5. The Kier molecular flexibility index (Phi) is 13.1. The number of benzene rings is 3. The van der Waals surface area contributed by atoms with Crippen LogP contribution in [0.4, 0.5) is 28.4 Å². The number of H-pyrrole nitrogens is 1. The van der Waals surface area contributed by atoms with Crippen LogP contribution in [0.15, 0.2) is 77.8 Å². The molecular weight excluding hydrogens is 991 g/mol. The average molecular weight is 1060 g/mol. The number of hydrogen-bond acceptors (Lipinski definition) is 16. The highest BCUT2D eigenvalue weighted by Crippen LogP contribution is 2.54. The number of carbonyl (C=O) groups excluding carboxylic acids is 1. The van der Waals surface area contributed by atoms with E-state index in [-0.39, 0.29) is 47.0 Å². The van der Waals surface area contributed by atoms with Crippen molar-refractivity contribution in [3.05, 3.63) is 99.7 Å². The summed E-state index contributed by atoms with van der Waals surface area (Å²) in [7, 11) is -4.70. The number of amides is 1. The van der Waals surface area contributed by atoms with E-state index in [9.17, 15) is 23.3 Å². The van der Waals surface area contributed by atoms with Gasteiger partial charge in [0.25, 0.3) is 21.6 Å². The van der Waals surface area contributed by atoms with E-state index in [1.165, 1.54) is 30.0 Å².